The number of nitrogens with two attached hydrogens (primary N) is 1. The number of carbonyl (C=O) groups is 1. The van der Waals surface area contributed by atoms with Crippen molar-refractivity contribution in [3.8, 4) is 0 Å². The molecule has 0 bridgehead atoms. The predicted molar refractivity (Wildman–Crippen MR) is 79.7 cm³/mol. The molecule has 3 atom stereocenters. The minimum Gasteiger partial charge on any atom is -0.353 e. The van der Waals surface area contributed by atoms with E-state index in [2.05, 4.69) is 25.4 Å². The monoisotopic (exact) mass is 272 g/mol. The molecule has 18 heavy (non-hydrogen) atoms. The molecule has 0 spiro atoms. The second-order valence-corrected chi connectivity index (χ2v) is 6.93. The Morgan fingerprint density at radius 2 is 2.17 bits per heavy atom. The number of hydrogen-bond acceptors (Lipinski definition) is 3. The fourth-order valence-corrected chi connectivity index (χ4v) is 3.52. The van der Waals surface area contributed by atoms with Crippen LogP contribution < -0.4 is 11.1 Å². The Morgan fingerprint density at radius 3 is 2.72 bits per heavy atom. The zero-order valence-electron chi connectivity index (χ0n) is 11.9. The highest BCUT2D eigenvalue weighted by molar-refractivity contribution is 7.99. The summed E-state index contributed by atoms with van der Waals surface area (Å²) in [4.78, 5) is 12.2. The molecule has 1 fully saturated rings. The first kappa shape index (κ1) is 15.8. The third kappa shape index (κ3) is 5.19. The number of carbonyl (C=O) groups excluding carboxylic acids is 1. The summed E-state index contributed by atoms with van der Waals surface area (Å²) in [6.45, 7) is 4.74. The van der Waals surface area contributed by atoms with E-state index in [1.54, 1.807) is 0 Å². The quantitative estimate of drug-likeness (QED) is 0.780. The molecule has 1 aliphatic rings. The lowest BCUT2D eigenvalue weighted by Crippen LogP contribution is -2.44. The average Bonchev–Trinajstić information content (AvgIpc) is 2.35. The Labute approximate surface area is 116 Å². The summed E-state index contributed by atoms with van der Waals surface area (Å²) >= 11 is 1.93. The zero-order chi connectivity index (χ0) is 13.5. The van der Waals surface area contributed by atoms with Gasteiger partial charge in [0, 0.05) is 17.8 Å². The minimum atomic E-state index is -0.0142. The van der Waals surface area contributed by atoms with Crippen LogP contribution in [-0.2, 0) is 4.79 Å². The molecule has 4 heteroatoms. The molecule has 0 saturated heterocycles. The molecule has 0 radical (unpaired) electrons. The van der Waals surface area contributed by atoms with Crippen LogP contribution in [0.5, 0.6) is 0 Å². The van der Waals surface area contributed by atoms with Crippen molar-refractivity contribution in [1.29, 1.82) is 0 Å². The van der Waals surface area contributed by atoms with E-state index in [9.17, 15) is 4.79 Å². The summed E-state index contributed by atoms with van der Waals surface area (Å²) in [5.41, 5.74) is 5.72. The SMILES string of the molecule is CSC1CCCC(NC(=O)C(CN)CC(C)C)C1. The summed E-state index contributed by atoms with van der Waals surface area (Å²) in [5.74, 6) is 0.673. The van der Waals surface area contributed by atoms with Crippen molar-refractivity contribution in [2.75, 3.05) is 12.8 Å². The number of amides is 1. The van der Waals surface area contributed by atoms with E-state index in [1.807, 2.05) is 11.8 Å². The van der Waals surface area contributed by atoms with Gasteiger partial charge in [-0.25, -0.2) is 0 Å². The molecule has 3 nitrogen and oxygen atoms in total. The molecule has 106 valence electrons. The van der Waals surface area contributed by atoms with Crippen molar-refractivity contribution < 1.29 is 4.79 Å². The van der Waals surface area contributed by atoms with Gasteiger partial charge < -0.3 is 11.1 Å². The Kier molecular flexibility index (Phi) is 7.08. The summed E-state index contributed by atoms with van der Waals surface area (Å²) in [7, 11) is 0. The first-order chi connectivity index (χ1) is 8.56. The van der Waals surface area contributed by atoms with Crippen LogP contribution in [0.15, 0.2) is 0 Å². The summed E-state index contributed by atoms with van der Waals surface area (Å²) in [5, 5.41) is 3.92. The molecule has 1 amide bonds. The standard InChI is InChI=1S/C14H28N2OS/c1-10(2)7-11(9-15)14(17)16-12-5-4-6-13(8-12)18-3/h10-13H,4-9,15H2,1-3H3,(H,16,17). The van der Waals surface area contributed by atoms with Gasteiger partial charge in [0.25, 0.3) is 0 Å². The van der Waals surface area contributed by atoms with Crippen molar-refractivity contribution in [2.45, 2.75) is 57.2 Å². The van der Waals surface area contributed by atoms with Crippen LogP contribution in [-0.4, -0.2) is 30.0 Å². The number of thioether (sulfide) groups is 1. The van der Waals surface area contributed by atoms with Crippen LogP contribution in [0.4, 0.5) is 0 Å². The highest BCUT2D eigenvalue weighted by Crippen LogP contribution is 2.27. The van der Waals surface area contributed by atoms with Crippen LogP contribution in [0.3, 0.4) is 0 Å². The van der Waals surface area contributed by atoms with E-state index in [4.69, 9.17) is 5.73 Å². The van der Waals surface area contributed by atoms with E-state index >= 15 is 0 Å². The van der Waals surface area contributed by atoms with Crippen molar-refractivity contribution in [3.05, 3.63) is 0 Å². The second kappa shape index (κ2) is 8.05. The molecule has 1 saturated carbocycles. The topological polar surface area (TPSA) is 55.1 Å². The van der Waals surface area contributed by atoms with Gasteiger partial charge in [0.2, 0.25) is 5.91 Å². The smallest absolute Gasteiger partial charge is 0.224 e. The highest BCUT2D eigenvalue weighted by atomic mass is 32.2. The summed E-state index contributed by atoms with van der Waals surface area (Å²) in [6, 6.07) is 0.366. The molecular weight excluding hydrogens is 244 g/mol. The van der Waals surface area contributed by atoms with E-state index in [-0.39, 0.29) is 11.8 Å². The van der Waals surface area contributed by atoms with Crippen LogP contribution in [0, 0.1) is 11.8 Å². The molecule has 0 aromatic heterocycles. The molecule has 1 aliphatic carbocycles. The van der Waals surface area contributed by atoms with E-state index in [1.165, 1.54) is 12.8 Å². The van der Waals surface area contributed by atoms with Crippen molar-refractivity contribution in [2.24, 2.45) is 17.6 Å². The predicted octanol–water partition coefficient (Wildman–Crippen LogP) is 2.40. The molecule has 1 rings (SSSR count). The lowest BCUT2D eigenvalue weighted by molar-refractivity contribution is -0.126. The van der Waals surface area contributed by atoms with Gasteiger partial charge in [0.15, 0.2) is 0 Å². The van der Waals surface area contributed by atoms with Crippen LogP contribution >= 0.6 is 11.8 Å². The lowest BCUT2D eigenvalue weighted by atomic mass is 9.92. The van der Waals surface area contributed by atoms with Crippen molar-refractivity contribution >= 4 is 17.7 Å². The van der Waals surface area contributed by atoms with Gasteiger partial charge in [-0.1, -0.05) is 20.3 Å². The minimum absolute atomic E-state index is 0.0142. The van der Waals surface area contributed by atoms with Crippen LogP contribution in [0.25, 0.3) is 0 Å². The maximum Gasteiger partial charge on any atom is 0.224 e. The van der Waals surface area contributed by atoms with Gasteiger partial charge in [-0.15, -0.1) is 0 Å². The fraction of sp³-hybridized carbons (Fsp3) is 0.929. The Morgan fingerprint density at radius 1 is 1.44 bits per heavy atom. The van der Waals surface area contributed by atoms with Gasteiger partial charge in [0.05, 0.1) is 5.92 Å². The van der Waals surface area contributed by atoms with Gasteiger partial charge in [-0.2, -0.15) is 11.8 Å². The highest BCUT2D eigenvalue weighted by Gasteiger charge is 2.25. The first-order valence-corrected chi connectivity index (χ1v) is 8.38. The van der Waals surface area contributed by atoms with E-state index in [0.29, 0.717) is 23.8 Å². The van der Waals surface area contributed by atoms with E-state index < -0.39 is 0 Å². The van der Waals surface area contributed by atoms with Gasteiger partial charge in [-0.05, 0) is 37.9 Å². The second-order valence-electron chi connectivity index (χ2n) is 5.79. The molecule has 3 unspecified atom stereocenters. The largest absolute Gasteiger partial charge is 0.353 e. The molecule has 0 aliphatic heterocycles. The number of rotatable bonds is 6. The van der Waals surface area contributed by atoms with Crippen molar-refractivity contribution in [1.82, 2.24) is 5.32 Å². The normalized spacial score (nSPS) is 26.1. The molecule has 0 heterocycles. The third-order valence-electron chi connectivity index (χ3n) is 3.72. The zero-order valence-corrected chi connectivity index (χ0v) is 12.8. The average molecular weight is 272 g/mol. The molecule has 0 aromatic rings. The third-order valence-corrected chi connectivity index (χ3v) is 4.81. The molecule has 0 aromatic carbocycles. The first-order valence-electron chi connectivity index (χ1n) is 7.10. The maximum absolute atomic E-state index is 12.2. The number of hydrogen-bond donors (Lipinski definition) is 2. The van der Waals surface area contributed by atoms with E-state index in [0.717, 1.165) is 19.3 Å². The summed E-state index contributed by atoms with van der Waals surface area (Å²) in [6.07, 6.45) is 7.82. The Balaban J connectivity index is 2.42. The van der Waals surface area contributed by atoms with Gasteiger partial charge in [-0.3, -0.25) is 4.79 Å². The molecular formula is C14H28N2OS. The Bertz CT molecular complexity index is 258. The maximum atomic E-state index is 12.2. The van der Waals surface area contributed by atoms with Gasteiger partial charge >= 0.3 is 0 Å². The van der Waals surface area contributed by atoms with Crippen LogP contribution in [0.1, 0.15) is 46.0 Å². The van der Waals surface area contributed by atoms with Crippen LogP contribution in [0.2, 0.25) is 0 Å². The molecule has 3 N–H and O–H groups in total. The fourth-order valence-electron chi connectivity index (χ4n) is 2.69. The van der Waals surface area contributed by atoms with Crippen molar-refractivity contribution in [3.63, 3.8) is 0 Å². The number of nitrogens with one attached hydrogen (secondary N) is 1. The lowest BCUT2D eigenvalue weighted by Gasteiger charge is -2.30. The summed E-state index contributed by atoms with van der Waals surface area (Å²) < 4.78 is 0. The van der Waals surface area contributed by atoms with Gasteiger partial charge in [0.1, 0.15) is 0 Å². The Hall–Kier alpha value is -0.220.